The van der Waals surface area contributed by atoms with Gasteiger partial charge in [0.1, 0.15) is 22.9 Å². The van der Waals surface area contributed by atoms with Crippen molar-refractivity contribution in [1.29, 1.82) is 0 Å². The Labute approximate surface area is 155 Å². The summed E-state index contributed by atoms with van der Waals surface area (Å²) >= 11 is 0. The number of phenolic OH excluding ortho intramolecular Hbond substituents is 2. The van der Waals surface area contributed by atoms with Crippen LogP contribution in [0.1, 0.15) is 5.56 Å². The maximum atomic E-state index is 11.3. The van der Waals surface area contributed by atoms with Gasteiger partial charge in [0.25, 0.3) is 10.1 Å². The molecule has 0 bridgehead atoms. The fourth-order valence-electron chi connectivity index (χ4n) is 2.69. The summed E-state index contributed by atoms with van der Waals surface area (Å²) in [5, 5.41) is 29.1. The van der Waals surface area contributed by atoms with Crippen molar-refractivity contribution in [2.24, 2.45) is 10.2 Å². The summed E-state index contributed by atoms with van der Waals surface area (Å²) in [6.07, 6.45) is 0. The Balaban J connectivity index is 2.18. The molecule has 0 aliphatic rings. The van der Waals surface area contributed by atoms with Crippen LogP contribution in [0, 0.1) is 6.92 Å². The van der Waals surface area contributed by atoms with E-state index in [2.05, 4.69) is 10.2 Å². The minimum atomic E-state index is -4.50. The molecule has 27 heavy (non-hydrogen) atoms. The van der Waals surface area contributed by atoms with E-state index >= 15 is 0 Å². The monoisotopic (exact) mass is 388 g/mol. The van der Waals surface area contributed by atoms with Crippen LogP contribution in [0.5, 0.6) is 17.2 Å². The number of rotatable bonds is 4. The first-order valence-electron chi connectivity index (χ1n) is 7.74. The van der Waals surface area contributed by atoms with Crippen molar-refractivity contribution in [2.45, 2.75) is 11.8 Å². The average Bonchev–Trinajstić information content (AvgIpc) is 2.60. The van der Waals surface area contributed by atoms with Gasteiger partial charge >= 0.3 is 0 Å². The van der Waals surface area contributed by atoms with E-state index in [-0.39, 0.29) is 22.2 Å². The minimum Gasteiger partial charge on any atom is -0.507 e. The smallest absolute Gasteiger partial charge is 0.294 e. The van der Waals surface area contributed by atoms with Gasteiger partial charge in [0.05, 0.1) is 17.4 Å². The van der Waals surface area contributed by atoms with Gasteiger partial charge in [-0.15, -0.1) is 10.2 Å². The summed E-state index contributed by atoms with van der Waals surface area (Å²) in [7, 11) is -3.01. The highest BCUT2D eigenvalue weighted by Crippen LogP contribution is 2.44. The van der Waals surface area contributed by atoms with E-state index in [4.69, 9.17) is 4.74 Å². The van der Waals surface area contributed by atoms with Crippen LogP contribution in [0.15, 0.2) is 57.6 Å². The highest BCUT2D eigenvalue weighted by atomic mass is 32.2. The zero-order valence-electron chi connectivity index (χ0n) is 14.4. The zero-order valence-corrected chi connectivity index (χ0v) is 15.2. The third kappa shape index (κ3) is 3.55. The normalized spacial score (nSPS) is 12.0. The van der Waals surface area contributed by atoms with Crippen LogP contribution >= 0.6 is 0 Å². The van der Waals surface area contributed by atoms with Gasteiger partial charge in [0.15, 0.2) is 5.75 Å². The number of aryl methyl sites for hydroxylation is 1. The molecule has 0 aliphatic carbocycles. The average molecular weight is 388 g/mol. The largest absolute Gasteiger partial charge is 0.507 e. The quantitative estimate of drug-likeness (QED) is 0.453. The van der Waals surface area contributed by atoms with E-state index in [1.54, 1.807) is 31.2 Å². The summed E-state index contributed by atoms with van der Waals surface area (Å²) in [5.74, 6) is -0.366. The number of methoxy groups -OCH3 is 1. The van der Waals surface area contributed by atoms with E-state index in [1.165, 1.54) is 13.2 Å². The molecule has 3 rings (SSSR count). The Kier molecular flexibility index (Phi) is 4.73. The standard InChI is InChI=1S/C18H16N2O6S/c1-10-7-11-8-12(27(23,24)25)9-14(21)16(11)18(22)17(10)20-19-13-5-3-4-6-15(13)26-2/h3-9,21-22H,1-2H3,(H,23,24,25)/b20-19+. The van der Waals surface area contributed by atoms with Gasteiger partial charge in [0, 0.05) is 6.07 Å². The van der Waals surface area contributed by atoms with Crippen molar-refractivity contribution in [1.82, 2.24) is 0 Å². The maximum Gasteiger partial charge on any atom is 0.294 e. The lowest BCUT2D eigenvalue weighted by Crippen LogP contribution is -1.98. The summed E-state index contributed by atoms with van der Waals surface area (Å²) in [5.41, 5.74) is 1.05. The van der Waals surface area contributed by atoms with Crippen LogP contribution in [0.25, 0.3) is 10.8 Å². The molecule has 0 fully saturated rings. The molecule has 0 atom stereocenters. The predicted molar refractivity (Wildman–Crippen MR) is 99.0 cm³/mol. The van der Waals surface area contributed by atoms with Gasteiger partial charge in [-0.2, -0.15) is 8.42 Å². The Hall–Kier alpha value is -3.17. The Morgan fingerprint density at radius 2 is 1.74 bits per heavy atom. The molecular weight excluding hydrogens is 372 g/mol. The number of azo groups is 1. The van der Waals surface area contributed by atoms with Gasteiger partial charge in [-0.3, -0.25) is 4.55 Å². The molecule has 0 amide bonds. The first-order valence-corrected chi connectivity index (χ1v) is 9.18. The number of para-hydroxylation sites is 1. The molecule has 0 saturated carbocycles. The number of hydrogen-bond acceptors (Lipinski definition) is 7. The molecule has 0 unspecified atom stereocenters. The molecule has 140 valence electrons. The van der Waals surface area contributed by atoms with Crippen LogP contribution in [-0.2, 0) is 10.1 Å². The number of ether oxygens (including phenoxy) is 1. The molecule has 9 heteroatoms. The van der Waals surface area contributed by atoms with E-state index in [9.17, 15) is 23.2 Å². The number of nitrogens with zero attached hydrogens (tertiary/aromatic N) is 2. The summed E-state index contributed by atoms with van der Waals surface area (Å²) < 4.78 is 37.0. The molecule has 0 spiro atoms. The zero-order chi connectivity index (χ0) is 19.8. The lowest BCUT2D eigenvalue weighted by molar-refractivity contribution is 0.416. The first-order chi connectivity index (χ1) is 12.7. The van der Waals surface area contributed by atoms with E-state index < -0.39 is 20.8 Å². The summed E-state index contributed by atoms with van der Waals surface area (Å²) in [6.45, 7) is 1.65. The Morgan fingerprint density at radius 1 is 1.04 bits per heavy atom. The van der Waals surface area contributed by atoms with Gasteiger partial charge < -0.3 is 14.9 Å². The second-order valence-electron chi connectivity index (χ2n) is 5.78. The Bertz CT molecular complexity index is 1170. The lowest BCUT2D eigenvalue weighted by Gasteiger charge is -2.10. The van der Waals surface area contributed by atoms with E-state index in [0.29, 0.717) is 17.0 Å². The molecule has 0 radical (unpaired) electrons. The first kappa shape index (κ1) is 18.6. The van der Waals surface area contributed by atoms with Crippen LogP contribution in [0.4, 0.5) is 11.4 Å². The van der Waals surface area contributed by atoms with Crippen molar-refractivity contribution >= 4 is 32.3 Å². The van der Waals surface area contributed by atoms with Crippen LogP contribution in [0.3, 0.4) is 0 Å². The van der Waals surface area contributed by atoms with Crippen molar-refractivity contribution in [3.05, 3.63) is 48.0 Å². The molecule has 3 aromatic rings. The van der Waals surface area contributed by atoms with E-state index in [0.717, 1.165) is 12.1 Å². The summed E-state index contributed by atoms with van der Waals surface area (Å²) in [4.78, 5) is -0.477. The van der Waals surface area contributed by atoms with E-state index in [1.807, 2.05) is 0 Å². The number of fused-ring (bicyclic) bond motifs is 1. The fraction of sp³-hybridized carbons (Fsp3) is 0.111. The fourth-order valence-corrected chi connectivity index (χ4v) is 3.23. The van der Waals surface area contributed by atoms with Gasteiger partial charge in [0.2, 0.25) is 0 Å². The van der Waals surface area contributed by atoms with Gasteiger partial charge in [-0.1, -0.05) is 12.1 Å². The maximum absolute atomic E-state index is 11.3. The van der Waals surface area contributed by atoms with Crippen molar-refractivity contribution in [3.63, 3.8) is 0 Å². The summed E-state index contributed by atoms with van der Waals surface area (Å²) in [6, 6.07) is 10.5. The minimum absolute atomic E-state index is 0.00183. The second kappa shape index (κ2) is 6.86. The molecule has 0 aliphatic heterocycles. The molecule has 0 saturated heterocycles. The highest BCUT2D eigenvalue weighted by molar-refractivity contribution is 7.85. The van der Waals surface area contributed by atoms with Gasteiger partial charge in [-0.05, 0) is 42.1 Å². The van der Waals surface area contributed by atoms with Crippen molar-refractivity contribution in [2.75, 3.05) is 7.11 Å². The lowest BCUT2D eigenvalue weighted by atomic mass is 10.0. The van der Waals surface area contributed by atoms with Crippen LogP contribution in [-0.4, -0.2) is 30.3 Å². The second-order valence-corrected chi connectivity index (χ2v) is 7.20. The molecule has 0 aromatic heterocycles. The third-order valence-corrected chi connectivity index (χ3v) is 4.80. The highest BCUT2D eigenvalue weighted by Gasteiger charge is 2.18. The van der Waals surface area contributed by atoms with Crippen molar-refractivity contribution < 1.29 is 27.9 Å². The Morgan fingerprint density at radius 3 is 2.41 bits per heavy atom. The van der Waals surface area contributed by atoms with Crippen LogP contribution < -0.4 is 4.74 Å². The molecule has 8 nitrogen and oxygen atoms in total. The number of benzene rings is 3. The number of phenols is 2. The SMILES string of the molecule is COc1ccccc1/N=N/c1c(C)cc2cc(S(=O)(=O)O)cc(O)c2c1O. The van der Waals surface area contributed by atoms with Crippen LogP contribution in [0.2, 0.25) is 0 Å². The molecule has 3 aromatic carbocycles. The van der Waals surface area contributed by atoms with Gasteiger partial charge in [-0.25, -0.2) is 0 Å². The number of aromatic hydroxyl groups is 2. The predicted octanol–water partition coefficient (Wildman–Crippen LogP) is 4.23. The molecular formula is C18H16N2O6S. The third-order valence-electron chi connectivity index (χ3n) is 3.97. The number of hydrogen-bond donors (Lipinski definition) is 3. The molecule has 0 heterocycles. The molecule has 3 N–H and O–H groups in total. The topological polar surface area (TPSA) is 129 Å². The van der Waals surface area contributed by atoms with Crippen molar-refractivity contribution in [3.8, 4) is 17.2 Å².